The van der Waals surface area contributed by atoms with E-state index in [0.717, 1.165) is 24.5 Å². The number of hydrogen-bond donors (Lipinski definition) is 5. The second kappa shape index (κ2) is 10.9. The second-order valence-corrected chi connectivity index (χ2v) is 9.21. The van der Waals surface area contributed by atoms with Crippen LogP contribution in [0.1, 0.15) is 28.8 Å². The summed E-state index contributed by atoms with van der Waals surface area (Å²) in [5.41, 5.74) is 1.59. The molecule has 3 aromatic rings. The number of carbonyl (C=O) groups is 2. The lowest BCUT2D eigenvalue weighted by Gasteiger charge is -2.16. The van der Waals surface area contributed by atoms with Gasteiger partial charge >= 0.3 is 0 Å². The number of hydrogen-bond acceptors (Lipinski definition) is 8. The normalized spacial score (nSPS) is 13.1. The predicted octanol–water partition coefficient (Wildman–Crippen LogP) is 4.08. The van der Waals surface area contributed by atoms with Gasteiger partial charge in [0.25, 0.3) is 5.91 Å². The molecule has 1 aromatic carbocycles. The number of nitrogens with zero attached hydrogens (tertiary/aromatic N) is 3. The van der Waals surface area contributed by atoms with E-state index < -0.39 is 0 Å². The van der Waals surface area contributed by atoms with Crippen LogP contribution in [0.25, 0.3) is 0 Å². The zero-order chi connectivity index (χ0) is 24.9. The first kappa shape index (κ1) is 24.7. The molecule has 0 atom stereocenters. The largest absolute Gasteiger partial charge is 0.492 e. The Bertz CT molecular complexity index is 1270. The molecule has 182 valence electrons. The van der Waals surface area contributed by atoms with E-state index in [1.807, 2.05) is 0 Å². The number of benzene rings is 1. The fraction of sp³-hybridized carbons (Fsp3) is 0.227. The Morgan fingerprint density at radius 1 is 1.26 bits per heavy atom. The van der Waals surface area contributed by atoms with Crippen LogP contribution in [0.2, 0.25) is 10.2 Å². The van der Waals surface area contributed by atoms with E-state index in [1.54, 1.807) is 29.2 Å². The molecule has 5 N–H and O–H groups in total. The molecule has 1 aliphatic heterocycles. The molecule has 1 saturated heterocycles. The van der Waals surface area contributed by atoms with E-state index in [1.165, 1.54) is 12.3 Å². The van der Waals surface area contributed by atoms with Crippen LogP contribution >= 0.6 is 34.7 Å². The molecule has 2 aromatic heterocycles. The van der Waals surface area contributed by atoms with Gasteiger partial charge in [0, 0.05) is 37.3 Å². The summed E-state index contributed by atoms with van der Waals surface area (Å²) in [5, 5.41) is 28.2. The summed E-state index contributed by atoms with van der Waals surface area (Å²) in [5.74, 6) is -0.529. The summed E-state index contributed by atoms with van der Waals surface area (Å²) in [6.07, 6.45) is 2.79. The lowest BCUT2D eigenvalue weighted by atomic mass is 10.2. The molecular weight excluding hydrogens is 513 g/mol. The van der Waals surface area contributed by atoms with Crippen molar-refractivity contribution in [3.63, 3.8) is 0 Å². The number of aromatic nitrogens is 2. The van der Waals surface area contributed by atoms with Gasteiger partial charge in [-0.15, -0.1) is 0 Å². The highest BCUT2D eigenvalue weighted by molar-refractivity contribution is 7.11. The first-order chi connectivity index (χ1) is 16.8. The minimum atomic E-state index is -0.374. The molecular formula is C22H21Cl2N7O3S. The minimum absolute atomic E-state index is 0.00477. The summed E-state index contributed by atoms with van der Waals surface area (Å²) in [7, 11) is 0. The summed E-state index contributed by atoms with van der Waals surface area (Å²) in [4.78, 5) is 29.9. The number of aromatic hydroxyl groups is 1. The Labute approximate surface area is 214 Å². The van der Waals surface area contributed by atoms with Gasteiger partial charge in [-0.3, -0.25) is 15.0 Å². The Morgan fingerprint density at radius 3 is 2.71 bits per heavy atom. The molecule has 0 spiro atoms. The van der Waals surface area contributed by atoms with Crippen LogP contribution in [0.15, 0.2) is 36.5 Å². The van der Waals surface area contributed by atoms with Crippen molar-refractivity contribution >= 4 is 68.8 Å². The minimum Gasteiger partial charge on any atom is -0.492 e. The topological polar surface area (TPSA) is 143 Å². The smallest absolute Gasteiger partial charge is 0.255 e. The highest BCUT2D eigenvalue weighted by Gasteiger charge is 2.21. The monoisotopic (exact) mass is 533 g/mol. The van der Waals surface area contributed by atoms with E-state index >= 15 is 0 Å². The van der Waals surface area contributed by atoms with Crippen LogP contribution in [0.4, 0.5) is 16.4 Å². The predicted molar refractivity (Wildman–Crippen MR) is 136 cm³/mol. The Hall–Kier alpha value is -3.41. The van der Waals surface area contributed by atoms with Crippen molar-refractivity contribution in [2.45, 2.75) is 12.8 Å². The number of nitrogens with one attached hydrogen (secondary N) is 4. The van der Waals surface area contributed by atoms with E-state index in [0.29, 0.717) is 41.4 Å². The highest BCUT2D eigenvalue weighted by Crippen LogP contribution is 2.32. The molecule has 0 saturated carbocycles. The molecule has 0 radical (unpaired) electrons. The van der Waals surface area contributed by atoms with Gasteiger partial charge in [0.2, 0.25) is 11.8 Å². The SMILES string of the molecule is N=C(NCCN1CCCC1=O)c1c(O)nsc1Nc1ccc(C(=O)Nc2cnc(Cl)cc2Cl)cc1. The number of amides is 2. The Kier molecular flexibility index (Phi) is 7.69. The van der Waals surface area contributed by atoms with Gasteiger partial charge in [0.1, 0.15) is 21.6 Å². The zero-order valence-corrected chi connectivity index (χ0v) is 20.6. The standard InChI is InChI=1S/C22H21Cl2N7O3S/c23-14-10-16(24)27-11-15(14)29-20(33)12-3-5-13(6-4-12)28-22-18(21(34)30-35-22)19(25)26-7-9-31-8-1-2-17(31)32/h3-6,10-11,28H,1-2,7-9H2,(H2,25,26)(H,29,33)(H,30,34). The first-order valence-electron chi connectivity index (χ1n) is 10.6. The van der Waals surface area contributed by atoms with E-state index in [2.05, 4.69) is 25.3 Å². The summed E-state index contributed by atoms with van der Waals surface area (Å²) >= 11 is 12.9. The van der Waals surface area contributed by atoms with Crippen molar-refractivity contribution < 1.29 is 14.7 Å². The third-order valence-electron chi connectivity index (χ3n) is 5.25. The van der Waals surface area contributed by atoms with Crippen molar-refractivity contribution in [3.05, 3.63) is 57.8 Å². The fourth-order valence-electron chi connectivity index (χ4n) is 3.47. The van der Waals surface area contributed by atoms with Crippen molar-refractivity contribution in [1.82, 2.24) is 19.6 Å². The van der Waals surface area contributed by atoms with Gasteiger partial charge in [-0.2, -0.15) is 4.37 Å². The maximum Gasteiger partial charge on any atom is 0.255 e. The lowest BCUT2D eigenvalue weighted by Crippen LogP contribution is -2.35. The molecule has 1 fully saturated rings. The number of anilines is 3. The molecule has 3 heterocycles. The van der Waals surface area contributed by atoms with E-state index in [-0.39, 0.29) is 39.3 Å². The molecule has 13 heteroatoms. The lowest BCUT2D eigenvalue weighted by molar-refractivity contribution is -0.127. The van der Waals surface area contributed by atoms with Gasteiger partial charge in [-0.05, 0) is 48.3 Å². The maximum atomic E-state index is 12.5. The van der Waals surface area contributed by atoms with Gasteiger partial charge in [-0.25, -0.2) is 4.98 Å². The van der Waals surface area contributed by atoms with E-state index in [4.69, 9.17) is 28.6 Å². The highest BCUT2D eigenvalue weighted by atomic mass is 35.5. The average molecular weight is 534 g/mol. The summed E-state index contributed by atoms with van der Waals surface area (Å²) in [6.45, 7) is 1.60. The van der Waals surface area contributed by atoms with Crippen LogP contribution in [-0.2, 0) is 4.79 Å². The molecule has 10 nitrogen and oxygen atoms in total. The Morgan fingerprint density at radius 2 is 2.03 bits per heavy atom. The van der Waals surface area contributed by atoms with Gasteiger partial charge in [0.15, 0.2) is 0 Å². The third-order valence-corrected chi connectivity index (χ3v) is 6.52. The molecule has 4 rings (SSSR count). The number of carbonyl (C=O) groups excluding carboxylic acids is 2. The van der Waals surface area contributed by atoms with Crippen LogP contribution in [0.5, 0.6) is 5.88 Å². The maximum absolute atomic E-state index is 12.5. The van der Waals surface area contributed by atoms with Crippen molar-refractivity contribution in [2.24, 2.45) is 0 Å². The molecule has 2 amide bonds. The number of pyridine rings is 1. The molecule has 0 unspecified atom stereocenters. The number of amidine groups is 1. The molecule has 0 bridgehead atoms. The number of likely N-dealkylation sites (tertiary alicyclic amines) is 1. The average Bonchev–Trinajstić information content (AvgIpc) is 3.40. The molecule has 0 aliphatic carbocycles. The first-order valence-corrected chi connectivity index (χ1v) is 12.1. The number of halogens is 2. The van der Waals surface area contributed by atoms with Crippen molar-refractivity contribution in [3.8, 4) is 5.88 Å². The molecule has 35 heavy (non-hydrogen) atoms. The van der Waals surface area contributed by atoms with E-state index in [9.17, 15) is 14.7 Å². The second-order valence-electron chi connectivity index (χ2n) is 7.64. The van der Waals surface area contributed by atoms with Gasteiger partial charge in [-0.1, -0.05) is 23.2 Å². The summed E-state index contributed by atoms with van der Waals surface area (Å²) < 4.78 is 3.94. The quantitative estimate of drug-likeness (QED) is 0.166. The fourth-order valence-corrected chi connectivity index (χ4v) is 4.60. The summed E-state index contributed by atoms with van der Waals surface area (Å²) in [6, 6.07) is 8.05. The van der Waals surface area contributed by atoms with Crippen LogP contribution in [-0.4, -0.2) is 56.6 Å². The van der Waals surface area contributed by atoms with Crippen LogP contribution in [0, 0.1) is 5.41 Å². The van der Waals surface area contributed by atoms with Gasteiger partial charge in [0.05, 0.1) is 16.9 Å². The molecule has 1 aliphatic rings. The van der Waals surface area contributed by atoms with Gasteiger partial charge < -0.3 is 26.0 Å². The van der Waals surface area contributed by atoms with Crippen LogP contribution in [0.3, 0.4) is 0 Å². The Balaban J connectivity index is 1.37. The van der Waals surface area contributed by atoms with Crippen molar-refractivity contribution in [2.75, 3.05) is 30.3 Å². The number of rotatable bonds is 8. The van der Waals surface area contributed by atoms with Crippen molar-refractivity contribution in [1.29, 1.82) is 5.41 Å². The zero-order valence-electron chi connectivity index (χ0n) is 18.3. The van der Waals surface area contributed by atoms with Crippen LogP contribution < -0.4 is 16.0 Å². The third kappa shape index (κ3) is 5.99.